The van der Waals surface area contributed by atoms with E-state index in [1.807, 2.05) is 0 Å². The summed E-state index contributed by atoms with van der Waals surface area (Å²) < 4.78 is 0. The van der Waals surface area contributed by atoms with Gasteiger partial charge in [0.1, 0.15) is 0 Å². The number of carboxylic acids is 1. The van der Waals surface area contributed by atoms with Crippen LogP contribution < -0.4 is 0 Å². The zero-order valence-corrected chi connectivity index (χ0v) is 7.66. The van der Waals surface area contributed by atoms with Gasteiger partial charge in [-0.3, -0.25) is 0 Å². The highest BCUT2D eigenvalue weighted by atomic mass is 16.4. The van der Waals surface area contributed by atoms with Crippen LogP contribution in [0.15, 0.2) is 10.2 Å². The Morgan fingerprint density at radius 2 is 2.17 bits per heavy atom. The van der Waals surface area contributed by atoms with E-state index in [2.05, 4.69) is 17.2 Å². The molecule has 1 N–H and O–H groups in total. The van der Waals surface area contributed by atoms with Crippen LogP contribution >= 0.6 is 0 Å². The molecule has 0 heterocycles. The lowest BCUT2D eigenvalue weighted by molar-refractivity contribution is -0.138. The van der Waals surface area contributed by atoms with Crippen LogP contribution in [0.1, 0.15) is 33.1 Å². The number of aliphatic carboxylic acids is 1. The molecule has 12 heavy (non-hydrogen) atoms. The first kappa shape index (κ1) is 11.1. The van der Waals surface area contributed by atoms with Gasteiger partial charge in [0.2, 0.25) is 0 Å². The van der Waals surface area contributed by atoms with Gasteiger partial charge in [0.15, 0.2) is 6.04 Å². The SMILES string of the molecule is CCCCCN=NC(C)C(=O)O. The van der Waals surface area contributed by atoms with E-state index >= 15 is 0 Å². The Morgan fingerprint density at radius 1 is 1.50 bits per heavy atom. The summed E-state index contributed by atoms with van der Waals surface area (Å²) in [6.07, 6.45) is 3.26. The fraction of sp³-hybridized carbons (Fsp3) is 0.875. The molecule has 0 aliphatic carbocycles. The summed E-state index contributed by atoms with van der Waals surface area (Å²) >= 11 is 0. The van der Waals surface area contributed by atoms with Gasteiger partial charge >= 0.3 is 5.97 Å². The van der Waals surface area contributed by atoms with Crippen molar-refractivity contribution in [3.05, 3.63) is 0 Å². The highest BCUT2D eigenvalue weighted by Gasteiger charge is 2.06. The third-order valence-electron chi connectivity index (χ3n) is 1.47. The lowest BCUT2D eigenvalue weighted by Gasteiger charge is -1.96. The minimum Gasteiger partial charge on any atom is -0.480 e. The minimum atomic E-state index is -0.922. The maximum atomic E-state index is 10.3. The smallest absolute Gasteiger partial charge is 0.330 e. The molecule has 0 aliphatic heterocycles. The fourth-order valence-corrected chi connectivity index (χ4v) is 0.662. The van der Waals surface area contributed by atoms with E-state index in [1.165, 1.54) is 6.92 Å². The monoisotopic (exact) mass is 172 g/mol. The number of azo groups is 1. The van der Waals surface area contributed by atoms with Gasteiger partial charge in [-0.15, -0.1) is 0 Å². The number of hydrogen-bond acceptors (Lipinski definition) is 3. The average molecular weight is 172 g/mol. The highest BCUT2D eigenvalue weighted by Crippen LogP contribution is 1.96. The summed E-state index contributed by atoms with van der Waals surface area (Å²) in [5, 5.41) is 15.8. The van der Waals surface area contributed by atoms with E-state index < -0.39 is 12.0 Å². The molecule has 0 radical (unpaired) electrons. The van der Waals surface area contributed by atoms with Crippen molar-refractivity contribution < 1.29 is 9.90 Å². The number of rotatable bonds is 6. The van der Waals surface area contributed by atoms with Crippen LogP contribution in [0, 0.1) is 0 Å². The maximum absolute atomic E-state index is 10.3. The third kappa shape index (κ3) is 5.82. The van der Waals surface area contributed by atoms with E-state index in [9.17, 15) is 4.79 Å². The lowest BCUT2D eigenvalue weighted by Crippen LogP contribution is -2.12. The van der Waals surface area contributed by atoms with Gasteiger partial charge in [0.25, 0.3) is 0 Å². The van der Waals surface area contributed by atoms with Crippen LogP contribution in [0.2, 0.25) is 0 Å². The summed E-state index contributed by atoms with van der Waals surface area (Å²) in [5.41, 5.74) is 0. The summed E-state index contributed by atoms with van der Waals surface area (Å²) in [5.74, 6) is -0.922. The van der Waals surface area contributed by atoms with Crippen LogP contribution in [0.5, 0.6) is 0 Å². The number of carboxylic acid groups (broad SMARTS) is 1. The summed E-state index contributed by atoms with van der Waals surface area (Å²) in [7, 11) is 0. The lowest BCUT2D eigenvalue weighted by atomic mass is 10.3. The van der Waals surface area contributed by atoms with Crippen molar-refractivity contribution in [2.24, 2.45) is 10.2 Å². The minimum absolute atomic E-state index is 0.644. The Morgan fingerprint density at radius 3 is 2.67 bits per heavy atom. The van der Waals surface area contributed by atoms with Crippen molar-refractivity contribution in [1.29, 1.82) is 0 Å². The van der Waals surface area contributed by atoms with Crippen molar-refractivity contribution in [1.82, 2.24) is 0 Å². The average Bonchev–Trinajstić information content (AvgIpc) is 2.03. The van der Waals surface area contributed by atoms with E-state index in [4.69, 9.17) is 5.11 Å². The van der Waals surface area contributed by atoms with Crippen LogP contribution in [-0.2, 0) is 4.79 Å². The Labute approximate surface area is 72.7 Å². The Kier molecular flexibility index (Phi) is 6.24. The normalized spacial score (nSPS) is 13.5. The number of nitrogens with zero attached hydrogens (tertiary/aromatic N) is 2. The number of unbranched alkanes of at least 4 members (excludes halogenated alkanes) is 2. The van der Waals surface area contributed by atoms with Crippen LogP contribution in [0.4, 0.5) is 0 Å². The quantitative estimate of drug-likeness (QED) is 0.492. The van der Waals surface area contributed by atoms with Crippen LogP contribution in [0.25, 0.3) is 0 Å². The molecule has 0 fully saturated rings. The number of hydrogen-bond donors (Lipinski definition) is 1. The molecule has 0 bridgehead atoms. The van der Waals surface area contributed by atoms with Crippen LogP contribution in [0.3, 0.4) is 0 Å². The molecule has 0 amide bonds. The van der Waals surface area contributed by atoms with E-state index in [0.29, 0.717) is 6.54 Å². The summed E-state index contributed by atoms with van der Waals surface area (Å²) in [6.45, 7) is 4.27. The van der Waals surface area contributed by atoms with Crippen LogP contribution in [-0.4, -0.2) is 23.7 Å². The van der Waals surface area contributed by atoms with Gasteiger partial charge in [-0.05, 0) is 13.3 Å². The molecule has 0 spiro atoms. The van der Waals surface area contributed by atoms with Gasteiger partial charge in [0.05, 0.1) is 6.54 Å². The van der Waals surface area contributed by atoms with E-state index in [0.717, 1.165) is 19.3 Å². The molecule has 1 unspecified atom stereocenters. The molecule has 0 aromatic carbocycles. The molecule has 0 aliphatic rings. The fourth-order valence-electron chi connectivity index (χ4n) is 0.662. The molecule has 4 heteroatoms. The molecule has 0 rings (SSSR count). The molecular formula is C8H16N2O2. The molecule has 0 saturated heterocycles. The zero-order chi connectivity index (χ0) is 9.40. The first-order valence-electron chi connectivity index (χ1n) is 4.28. The molecule has 0 aromatic heterocycles. The van der Waals surface area contributed by atoms with Gasteiger partial charge in [-0.2, -0.15) is 10.2 Å². The summed E-state index contributed by atoms with van der Waals surface area (Å²) in [6, 6.07) is -0.702. The molecular weight excluding hydrogens is 156 g/mol. The second-order valence-corrected chi connectivity index (χ2v) is 2.70. The summed E-state index contributed by atoms with van der Waals surface area (Å²) in [4.78, 5) is 10.3. The largest absolute Gasteiger partial charge is 0.480 e. The van der Waals surface area contributed by atoms with Gasteiger partial charge in [0, 0.05) is 0 Å². The van der Waals surface area contributed by atoms with Crippen molar-refractivity contribution >= 4 is 5.97 Å². The standard InChI is InChI=1S/C8H16N2O2/c1-3-4-5-6-9-10-7(2)8(11)12/h7H,3-6H2,1-2H3,(H,11,12). The van der Waals surface area contributed by atoms with E-state index in [1.54, 1.807) is 0 Å². The Hall–Kier alpha value is -0.930. The van der Waals surface area contributed by atoms with E-state index in [-0.39, 0.29) is 0 Å². The van der Waals surface area contributed by atoms with Gasteiger partial charge in [-0.1, -0.05) is 19.8 Å². The topological polar surface area (TPSA) is 62.0 Å². The first-order valence-corrected chi connectivity index (χ1v) is 4.28. The van der Waals surface area contributed by atoms with Gasteiger partial charge < -0.3 is 5.11 Å². The highest BCUT2D eigenvalue weighted by molar-refractivity contribution is 5.72. The van der Waals surface area contributed by atoms with Gasteiger partial charge in [-0.25, -0.2) is 4.79 Å². The maximum Gasteiger partial charge on any atom is 0.330 e. The first-order chi connectivity index (χ1) is 5.68. The predicted molar refractivity (Wildman–Crippen MR) is 46.3 cm³/mol. The van der Waals surface area contributed by atoms with Crippen molar-refractivity contribution in [3.63, 3.8) is 0 Å². The third-order valence-corrected chi connectivity index (χ3v) is 1.47. The predicted octanol–water partition coefficient (Wildman–Crippen LogP) is 2.10. The van der Waals surface area contributed by atoms with Crippen molar-refractivity contribution in [3.8, 4) is 0 Å². The van der Waals surface area contributed by atoms with Crippen molar-refractivity contribution in [2.45, 2.75) is 39.2 Å². The Balaban J connectivity index is 3.41. The zero-order valence-electron chi connectivity index (χ0n) is 7.66. The molecule has 1 atom stereocenters. The molecule has 0 saturated carbocycles. The molecule has 0 aromatic rings. The second kappa shape index (κ2) is 6.76. The number of carbonyl (C=O) groups is 1. The second-order valence-electron chi connectivity index (χ2n) is 2.70. The molecule has 70 valence electrons. The van der Waals surface area contributed by atoms with Crippen molar-refractivity contribution in [2.75, 3.05) is 6.54 Å². The Bertz CT molecular complexity index is 157. The molecule has 4 nitrogen and oxygen atoms in total.